The van der Waals surface area contributed by atoms with Gasteiger partial charge in [0, 0.05) is 21.4 Å². The highest BCUT2D eigenvalue weighted by atomic mass is 35.5. The lowest BCUT2D eigenvalue weighted by Crippen LogP contribution is -1.90. The molecule has 0 bridgehead atoms. The first-order chi connectivity index (χ1) is 14.5. The maximum Gasteiger partial charge on any atom is 0.124 e. The van der Waals surface area contributed by atoms with Crippen LogP contribution in [0.2, 0.25) is 10.0 Å². The Balaban J connectivity index is 1.49. The molecule has 4 rings (SSSR count). The molecule has 4 nitrogen and oxygen atoms in total. The molecular weight excluding hydrogens is 457 g/mol. The van der Waals surface area contributed by atoms with Crippen molar-refractivity contribution in [1.29, 1.82) is 0 Å². The van der Waals surface area contributed by atoms with E-state index in [4.69, 9.17) is 32.9 Å². The summed E-state index contributed by atoms with van der Waals surface area (Å²) in [5, 5.41) is 11.9. The van der Waals surface area contributed by atoms with Gasteiger partial charge in [-0.15, -0.1) is 21.5 Å². The zero-order chi connectivity index (χ0) is 21.1. The number of thioether (sulfide) groups is 1. The summed E-state index contributed by atoms with van der Waals surface area (Å²) >= 11 is 15.4. The largest absolute Gasteiger partial charge is 0.497 e. The molecule has 2 aromatic carbocycles. The van der Waals surface area contributed by atoms with E-state index in [0.717, 1.165) is 43.2 Å². The van der Waals surface area contributed by atoms with Crippen molar-refractivity contribution in [3.05, 3.63) is 75.9 Å². The van der Waals surface area contributed by atoms with Crippen LogP contribution in [0.1, 0.15) is 11.3 Å². The predicted octanol–water partition coefficient (Wildman–Crippen LogP) is 7.18. The number of aryl methyl sites for hydroxylation is 1. The predicted molar refractivity (Wildman–Crippen MR) is 126 cm³/mol. The van der Waals surface area contributed by atoms with Gasteiger partial charge >= 0.3 is 0 Å². The summed E-state index contributed by atoms with van der Waals surface area (Å²) < 4.78 is 5.22. The summed E-state index contributed by atoms with van der Waals surface area (Å²) in [6.07, 6.45) is 0. The van der Waals surface area contributed by atoms with Crippen molar-refractivity contribution in [3.63, 3.8) is 0 Å². The second-order valence-electron chi connectivity index (χ2n) is 6.44. The second-order valence-corrected chi connectivity index (χ2v) is 9.28. The van der Waals surface area contributed by atoms with Gasteiger partial charge in [-0.05, 0) is 61.0 Å². The van der Waals surface area contributed by atoms with Crippen molar-refractivity contribution in [3.8, 4) is 26.9 Å². The van der Waals surface area contributed by atoms with Crippen molar-refractivity contribution in [1.82, 2.24) is 15.2 Å². The first kappa shape index (κ1) is 21.1. The van der Waals surface area contributed by atoms with E-state index in [-0.39, 0.29) is 0 Å². The summed E-state index contributed by atoms with van der Waals surface area (Å²) in [5.74, 6) is 1.52. The first-order valence-corrected chi connectivity index (χ1v) is 11.6. The van der Waals surface area contributed by atoms with Crippen molar-refractivity contribution >= 4 is 46.3 Å². The standard InChI is InChI=1S/C22H17Cl2N3OS2/c1-13-21(30-22(25-13)14-4-7-17(28-2)8-5-14)19-9-10-20(27-26-19)29-12-15-3-6-16(23)11-18(15)24/h3-11H,12H2,1-2H3. The maximum atomic E-state index is 6.24. The molecule has 8 heteroatoms. The topological polar surface area (TPSA) is 47.9 Å². The van der Waals surface area contributed by atoms with Crippen LogP contribution in [0.5, 0.6) is 5.75 Å². The van der Waals surface area contributed by atoms with Gasteiger partial charge in [0.05, 0.1) is 17.7 Å². The van der Waals surface area contributed by atoms with Crippen molar-refractivity contribution in [2.24, 2.45) is 0 Å². The van der Waals surface area contributed by atoms with Crippen LogP contribution in [-0.4, -0.2) is 22.3 Å². The molecule has 0 aliphatic rings. The molecule has 0 saturated heterocycles. The third-order valence-corrected chi connectivity index (χ3v) is 7.18. The fraction of sp³-hybridized carbons (Fsp3) is 0.136. The number of benzene rings is 2. The summed E-state index contributed by atoms with van der Waals surface area (Å²) in [6, 6.07) is 17.4. The lowest BCUT2D eigenvalue weighted by Gasteiger charge is -2.04. The zero-order valence-corrected chi connectivity index (χ0v) is 19.4. The Labute approximate surface area is 193 Å². The van der Waals surface area contributed by atoms with Crippen LogP contribution in [-0.2, 0) is 5.75 Å². The van der Waals surface area contributed by atoms with Crippen LogP contribution in [0.25, 0.3) is 21.1 Å². The van der Waals surface area contributed by atoms with E-state index >= 15 is 0 Å². The summed E-state index contributed by atoms with van der Waals surface area (Å²) in [6.45, 7) is 1.99. The Kier molecular flexibility index (Phi) is 6.58. The molecule has 152 valence electrons. The second kappa shape index (κ2) is 9.35. The number of nitrogens with zero attached hydrogens (tertiary/aromatic N) is 3. The van der Waals surface area contributed by atoms with Crippen molar-refractivity contribution in [2.75, 3.05) is 7.11 Å². The third-order valence-electron chi connectivity index (χ3n) is 4.40. The highest BCUT2D eigenvalue weighted by molar-refractivity contribution is 7.98. The fourth-order valence-electron chi connectivity index (χ4n) is 2.80. The van der Waals surface area contributed by atoms with E-state index in [1.165, 1.54) is 0 Å². The summed E-state index contributed by atoms with van der Waals surface area (Å²) in [7, 11) is 1.66. The van der Waals surface area contributed by atoms with E-state index in [1.807, 2.05) is 55.5 Å². The van der Waals surface area contributed by atoms with E-state index in [9.17, 15) is 0 Å². The molecule has 0 radical (unpaired) electrons. The fourth-order valence-corrected chi connectivity index (χ4v) is 5.21. The molecule has 0 aliphatic heterocycles. The van der Waals surface area contributed by atoms with Crippen LogP contribution >= 0.6 is 46.3 Å². The molecule has 0 saturated carbocycles. The monoisotopic (exact) mass is 473 g/mol. The first-order valence-electron chi connectivity index (χ1n) is 9.06. The van der Waals surface area contributed by atoms with Gasteiger partial charge in [-0.2, -0.15) is 0 Å². The van der Waals surface area contributed by atoms with Gasteiger partial charge < -0.3 is 4.74 Å². The summed E-state index contributed by atoms with van der Waals surface area (Å²) in [5.41, 5.74) is 3.82. The molecule has 0 fully saturated rings. The molecule has 0 aliphatic carbocycles. The van der Waals surface area contributed by atoms with Crippen LogP contribution < -0.4 is 4.74 Å². The number of ether oxygens (including phenoxy) is 1. The molecular formula is C22H17Cl2N3OS2. The molecule has 0 spiro atoms. The van der Waals surface area contributed by atoms with E-state index in [1.54, 1.807) is 36.3 Å². The maximum absolute atomic E-state index is 6.24. The van der Waals surface area contributed by atoms with Gasteiger partial charge in [-0.25, -0.2) is 4.98 Å². The van der Waals surface area contributed by atoms with Gasteiger partial charge in [0.15, 0.2) is 0 Å². The third kappa shape index (κ3) is 4.78. The minimum absolute atomic E-state index is 0.631. The lowest BCUT2D eigenvalue weighted by molar-refractivity contribution is 0.415. The number of hydrogen-bond donors (Lipinski definition) is 0. The van der Waals surface area contributed by atoms with Gasteiger partial charge in [0.1, 0.15) is 21.5 Å². The van der Waals surface area contributed by atoms with Crippen molar-refractivity contribution in [2.45, 2.75) is 17.7 Å². The number of rotatable bonds is 6. The number of methoxy groups -OCH3 is 1. The SMILES string of the molecule is COc1ccc(-c2nc(C)c(-c3ccc(SCc4ccc(Cl)cc4Cl)nn3)s2)cc1. The zero-order valence-electron chi connectivity index (χ0n) is 16.2. The van der Waals surface area contributed by atoms with E-state index < -0.39 is 0 Å². The van der Waals surface area contributed by atoms with E-state index in [2.05, 4.69) is 10.2 Å². The molecule has 0 unspecified atom stereocenters. The average Bonchev–Trinajstić information content (AvgIpc) is 3.15. The van der Waals surface area contributed by atoms with Gasteiger partial charge in [-0.1, -0.05) is 41.0 Å². The van der Waals surface area contributed by atoms with Crippen LogP contribution in [0.15, 0.2) is 59.6 Å². The highest BCUT2D eigenvalue weighted by Gasteiger charge is 2.13. The lowest BCUT2D eigenvalue weighted by atomic mass is 10.2. The molecule has 0 amide bonds. The number of aromatic nitrogens is 3. The highest BCUT2D eigenvalue weighted by Crippen LogP contribution is 2.35. The molecule has 30 heavy (non-hydrogen) atoms. The number of thiazole rings is 1. The average molecular weight is 474 g/mol. The smallest absolute Gasteiger partial charge is 0.124 e. The van der Waals surface area contributed by atoms with Crippen LogP contribution in [0.3, 0.4) is 0 Å². The Morgan fingerprint density at radius 1 is 1.00 bits per heavy atom. The van der Waals surface area contributed by atoms with E-state index in [0.29, 0.717) is 15.8 Å². The number of hydrogen-bond acceptors (Lipinski definition) is 6. The minimum atomic E-state index is 0.631. The molecule has 2 aromatic heterocycles. The minimum Gasteiger partial charge on any atom is -0.497 e. The molecule has 0 N–H and O–H groups in total. The van der Waals surface area contributed by atoms with Crippen LogP contribution in [0.4, 0.5) is 0 Å². The summed E-state index contributed by atoms with van der Waals surface area (Å²) in [4.78, 5) is 5.73. The molecule has 0 atom stereocenters. The Hall–Kier alpha value is -2.12. The number of halogens is 2. The Morgan fingerprint density at radius 2 is 1.80 bits per heavy atom. The van der Waals surface area contributed by atoms with Crippen molar-refractivity contribution < 1.29 is 4.74 Å². The molecule has 4 aromatic rings. The normalized spacial score (nSPS) is 10.9. The van der Waals surface area contributed by atoms with Gasteiger partial charge in [0.25, 0.3) is 0 Å². The Bertz CT molecular complexity index is 1160. The Morgan fingerprint density at radius 3 is 2.47 bits per heavy atom. The molecule has 2 heterocycles. The van der Waals surface area contributed by atoms with Gasteiger partial charge in [-0.3, -0.25) is 0 Å². The van der Waals surface area contributed by atoms with Crippen LogP contribution in [0, 0.1) is 6.92 Å². The van der Waals surface area contributed by atoms with Gasteiger partial charge in [0.2, 0.25) is 0 Å². The quantitative estimate of drug-likeness (QED) is 0.277.